The van der Waals surface area contributed by atoms with Gasteiger partial charge in [-0.1, -0.05) is 0 Å². The zero-order chi connectivity index (χ0) is 20.4. The van der Waals surface area contributed by atoms with Crippen molar-refractivity contribution in [1.82, 2.24) is 9.47 Å². The molecular weight excluding hydrogens is 384 g/mol. The largest absolute Gasteiger partial charge is 0.378 e. The van der Waals surface area contributed by atoms with Gasteiger partial charge in [-0.15, -0.1) is 0 Å². The van der Waals surface area contributed by atoms with Crippen molar-refractivity contribution >= 4 is 40.3 Å². The summed E-state index contributed by atoms with van der Waals surface area (Å²) in [5.74, 6) is -0.0176. The number of hydrogen-bond donors (Lipinski definition) is 0. The topological polar surface area (TPSA) is 50.1 Å². The van der Waals surface area contributed by atoms with E-state index in [1.165, 1.54) is 17.4 Å². The fourth-order valence-corrected chi connectivity index (χ4v) is 4.30. The number of amides is 1. The van der Waals surface area contributed by atoms with Crippen LogP contribution in [0.1, 0.15) is 25.5 Å². The Bertz CT molecular complexity index is 940. The van der Waals surface area contributed by atoms with Crippen LogP contribution in [0.5, 0.6) is 0 Å². The van der Waals surface area contributed by atoms with Crippen LogP contribution in [-0.4, -0.2) is 53.9 Å². The molecule has 0 unspecified atom stereocenters. The normalized spacial score (nSPS) is 20.5. The number of nitrogens with zero attached hydrogens (tertiary/aromatic N) is 4. The van der Waals surface area contributed by atoms with Gasteiger partial charge in [0.15, 0.2) is 5.17 Å². The Labute approximate surface area is 175 Å². The predicted molar refractivity (Wildman–Crippen MR) is 120 cm³/mol. The monoisotopic (exact) mass is 410 g/mol. The minimum absolute atomic E-state index is 0.0176. The Hall–Kier alpha value is -2.51. The standard InChI is InChI=1S/C22H26N4O2S/c1-16(2)26-9-8-17(15-26)14-20-21(27)24(3)22(29-20)23-18-4-6-19(7-5-18)25-10-12-28-13-11-25/h4-9,14-16H,10-13H2,1-3H3/b20-14+,23-22?. The van der Waals surface area contributed by atoms with Crippen LogP contribution in [0.15, 0.2) is 52.6 Å². The molecule has 2 aliphatic heterocycles. The number of aromatic nitrogens is 1. The Morgan fingerprint density at radius 1 is 1.14 bits per heavy atom. The summed E-state index contributed by atoms with van der Waals surface area (Å²) < 4.78 is 7.54. The molecule has 1 aromatic heterocycles. The molecule has 0 bridgehead atoms. The molecule has 0 atom stereocenters. The molecule has 152 valence electrons. The zero-order valence-corrected chi connectivity index (χ0v) is 17.9. The lowest BCUT2D eigenvalue weighted by atomic mass is 10.2. The summed E-state index contributed by atoms with van der Waals surface area (Å²) in [5.41, 5.74) is 3.05. The third kappa shape index (κ3) is 4.41. The molecule has 1 aromatic carbocycles. The van der Waals surface area contributed by atoms with E-state index >= 15 is 0 Å². The van der Waals surface area contributed by atoms with Crippen molar-refractivity contribution < 1.29 is 9.53 Å². The second-order valence-electron chi connectivity index (χ2n) is 7.47. The van der Waals surface area contributed by atoms with Gasteiger partial charge in [0.2, 0.25) is 0 Å². The van der Waals surface area contributed by atoms with E-state index in [-0.39, 0.29) is 5.91 Å². The number of morpholine rings is 1. The minimum atomic E-state index is -0.0176. The van der Waals surface area contributed by atoms with Crippen LogP contribution >= 0.6 is 11.8 Å². The summed E-state index contributed by atoms with van der Waals surface area (Å²) in [6.07, 6.45) is 6.04. The van der Waals surface area contributed by atoms with Gasteiger partial charge in [-0.2, -0.15) is 0 Å². The maximum atomic E-state index is 12.6. The number of amidine groups is 1. The number of hydrogen-bond acceptors (Lipinski definition) is 5. The first-order valence-electron chi connectivity index (χ1n) is 9.88. The molecule has 6 nitrogen and oxygen atoms in total. The smallest absolute Gasteiger partial charge is 0.266 e. The fourth-order valence-electron chi connectivity index (χ4n) is 3.31. The van der Waals surface area contributed by atoms with Crippen molar-refractivity contribution in [3.8, 4) is 0 Å². The molecule has 2 saturated heterocycles. The maximum absolute atomic E-state index is 12.6. The summed E-state index contributed by atoms with van der Waals surface area (Å²) in [6, 6.07) is 10.6. The van der Waals surface area contributed by atoms with Crippen molar-refractivity contribution in [1.29, 1.82) is 0 Å². The molecular formula is C22H26N4O2S. The third-order valence-electron chi connectivity index (χ3n) is 5.09. The van der Waals surface area contributed by atoms with Crippen molar-refractivity contribution in [3.05, 3.63) is 53.2 Å². The van der Waals surface area contributed by atoms with Gasteiger partial charge in [0.1, 0.15) is 0 Å². The van der Waals surface area contributed by atoms with Crippen LogP contribution < -0.4 is 4.90 Å². The average molecular weight is 411 g/mol. The molecule has 0 saturated carbocycles. The van der Waals surface area contributed by atoms with Gasteiger partial charge in [0.05, 0.1) is 23.8 Å². The molecule has 2 aliphatic rings. The first-order chi connectivity index (χ1) is 14.0. The van der Waals surface area contributed by atoms with Crippen LogP contribution in [0.4, 0.5) is 11.4 Å². The molecule has 0 spiro atoms. The van der Waals surface area contributed by atoms with Crippen molar-refractivity contribution in [2.45, 2.75) is 19.9 Å². The Balaban J connectivity index is 1.50. The molecule has 29 heavy (non-hydrogen) atoms. The molecule has 2 fully saturated rings. The van der Waals surface area contributed by atoms with E-state index in [9.17, 15) is 4.79 Å². The highest BCUT2D eigenvalue weighted by Gasteiger charge is 2.30. The molecule has 3 heterocycles. The first kappa shape index (κ1) is 19.8. The first-order valence-corrected chi connectivity index (χ1v) is 10.7. The zero-order valence-electron chi connectivity index (χ0n) is 17.0. The Kier molecular flexibility index (Phi) is 5.78. The van der Waals surface area contributed by atoms with E-state index < -0.39 is 0 Å². The van der Waals surface area contributed by atoms with E-state index in [0.29, 0.717) is 16.1 Å². The molecule has 0 N–H and O–H groups in total. The number of aliphatic imine (C=N–C) groups is 1. The van der Waals surface area contributed by atoms with Crippen molar-refractivity contribution in [2.24, 2.45) is 4.99 Å². The number of ether oxygens (including phenoxy) is 1. The van der Waals surface area contributed by atoms with E-state index in [1.54, 1.807) is 11.9 Å². The second-order valence-corrected chi connectivity index (χ2v) is 8.48. The van der Waals surface area contributed by atoms with Gasteiger partial charge in [-0.05, 0) is 67.6 Å². The van der Waals surface area contributed by atoms with Crippen molar-refractivity contribution in [3.63, 3.8) is 0 Å². The fraction of sp³-hybridized carbons (Fsp3) is 0.364. The second kappa shape index (κ2) is 8.47. The van der Waals surface area contributed by atoms with Crippen LogP contribution in [0, 0.1) is 0 Å². The number of carbonyl (C=O) groups excluding carboxylic acids is 1. The molecule has 7 heteroatoms. The average Bonchev–Trinajstić information content (AvgIpc) is 3.31. The predicted octanol–water partition coefficient (Wildman–Crippen LogP) is 4.14. The maximum Gasteiger partial charge on any atom is 0.266 e. The summed E-state index contributed by atoms with van der Waals surface area (Å²) >= 11 is 1.42. The Morgan fingerprint density at radius 3 is 2.52 bits per heavy atom. The van der Waals surface area contributed by atoms with Crippen LogP contribution in [-0.2, 0) is 9.53 Å². The third-order valence-corrected chi connectivity index (χ3v) is 6.15. The van der Waals surface area contributed by atoms with Gasteiger partial charge in [-0.3, -0.25) is 9.69 Å². The van der Waals surface area contributed by atoms with Gasteiger partial charge >= 0.3 is 0 Å². The number of rotatable bonds is 4. The molecule has 4 rings (SSSR count). The van der Waals surface area contributed by atoms with Gasteiger partial charge in [0.25, 0.3) is 5.91 Å². The van der Waals surface area contributed by atoms with Gasteiger partial charge in [0, 0.05) is 44.3 Å². The van der Waals surface area contributed by atoms with E-state index in [2.05, 4.69) is 41.6 Å². The molecule has 2 aromatic rings. The van der Waals surface area contributed by atoms with E-state index in [4.69, 9.17) is 9.73 Å². The van der Waals surface area contributed by atoms with E-state index in [1.807, 2.05) is 30.5 Å². The highest BCUT2D eigenvalue weighted by Crippen LogP contribution is 2.33. The van der Waals surface area contributed by atoms with Crippen LogP contribution in [0.25, 0.3) is 6.08 Å². The number of carbonyl (C=O) groups is 1. The minimum Gasteiger partial charge on any atom is -0.378 e. The van der Waals surface area contributed by atoms with E-state index in [0.717, 1.165) is 37.6 Å². The molecule has 0 radical (unpaired) electrons. The van der Waals surface area contributed by atoms with Crippen LogP contribution in [0.2, 0.25) is 0 Å². The number of likely N-dealkylation sites (N-methyl/N-ethyl adjacent to an activating group) is 1. The SMILES string of the molecule is CC(C)n1ccc(/C=C2/SC(=Nc3ccc(N4CCOCC4)cc3)N(C)C2=O)c1. The highest BCUT2D eigenvalue weighted by atomic mass is 32.2. The van der Waals surface area contributed by atoms with Gasteiger partial charge in [-0.25, -0.2) is 4.99 Å². The number of benzene rings is 1. The summed E-state index contributed by atoms with van der Waals surface area (Å²) in [7, 11) is 1.77. The summed E-state index contributed by atoms with van der Waals surface area (Å²) in [4.78, 5) is 22.0. The van der Waals surface area contributed by atoms with Gasteiger partial charge < -0.3 is 14.2 Å². The quantitative estimate of drug-likeness (QED) is 0.711. The lowest BCUT2D eigenvalue weighted by Crippen LogP contribution is -2.36. The number of thioether (sulfide) groups is 1. The Morgan fingerprint density at radius 2 is 1.86 bits per heavy atom. The summed E-state index contributed by atoms with van der Waals surface area (Å²) in [5, 5.41) is 0.698. The lowest BCUT2D eigenvalue weighted by molar-refractivity contribution is -0.121. The molecule has 0 aliphatic carbocycles. The van der Waals surface area contributed by atoms with Crippen molar-refractivity contribution in [2.75, 3.05) is 38.3 Å². The highest BCUT2D eigenvalue weighted by molar-refractivity contribution is 8.18. The molecule has 1 amide bonds. The lowest BCUT2D eigenvalue weighted by Gasteiger charge is -2.28. The summed E-state index contributed by atoms with van der Waals surface area (Å²) in [6.45, 7) is 7.62. The number of anilines is 1. The van der Waals surface area contributed by atoms with Crippen LogP contribution in [0.3, 0.4) is 0 Å².